The first-order valence-corrected chi connectivity index (χ1v) is 12.4. The van der Waals surface area contributed by atoms with E-state index in [0.29, 0.717) is 31.4 Å². The highest BCUT2D eigenvalue weighted by Crippen LogP contribution is 2.29. The number of sulfonamides is 1. The molecule has 3 aromatic rings. The second kappa shape index (κ2) is 9.74. The molecule has 32 heavy (non-hydrogen) atoms. The molecule has 166 valence electrons. The Bertz CT molecular complexity index is 1200. The van der Waals surface area contributed by atoms with Crippen LogP contribution >= 0.6 is 11.3 Å². The SMILES string of the molecule is C=CCN(C(=O)c1cccc(S(=O)(=O)N2CCOCC2)c1)c1nc(-c2ccccc2)cs1. The largest absolute Gasteiger partial charge is 0.379 e. The highest BCUT2D eigenvalue weighted by molar-refractivity contribution is 7.89. The molecule has 0 N–H and O–H groups in total. The third-order valence-corrected chi connectivity index (χ3v) is 7.80. The number of ether oxygens (including phenoxy) is 1. The second-order valence-corrected chi connectivity index (χ2v) is 9.90. The van der Waals surface area contributed by atoms with Gasteiger partial charge in [-0.25, -0.2) is 13.4 Å². The summed E-state index contributed by atoms with van der Waals surface area (Å²) >= 11 is 1.35. The maximum Gasteiger partial charge on any atom is 0.260 e. The van der Waals surface area contributed by atoms with Crippen molar-refractivity contribution in [2.24, 2.45) is 0 Å². The lowest BCUT2D eigenvalue weighted by atomic mass is 10.2. The molecule has 1 fully saturated rings. The smallest absolute Gasteiger partial charge is 0.260 e. The summed E-state index contributed by atoms with van der Waals surface area (Å²) in [5.41, 5.74) is 2.01. The van der Waals surface area contributed by atoms with Gasteiger partial charge < -0.3 is 4.74 Å². The molecular formula is C23H23N3O4S2. The van der Waals surface area contributed by atoms with E-state index in [1.54, 1.807) is 18.2 Å². The predicted molar refractivity (Wildman–Crippen MR) is 125 cm³/mol. The van der Waals surface area contributed by atoms with Gasteiger partial charge in [0.2, 0.25) is 10.0 Å². The van der Waals surface area contributed by atoms with E-state index < -0.39 is 10.0 Å². The van der Waals surface area contributed by atoms with Crippen LogP contribution in [0.2, 0.25) is 0 Å². The van der Waals surface area contributed by atoms with E-state index in [1.807, 2.05) is 35.7 Å². The molecule has 2 aromatic carbocycles. The minimum Gasteiger partial charge on any atom is -0.379 e. The van der Waals surface area contributed by atoms with Crippen LogP contribution in [0.1, 0.15) is 10.4 Å². The van der Waals surface area contributed by atoms with E-state index in [9.17, 15) is 13.2 Å². The third-order valence-electron chi connectivity index (χ3n) is 5.04. The minimum absolute atomic E-state index is 0.0907. The van der Waals surface area contributed by atoms with Gasteiger partial charge in [0.1, 0.15) is 0 Å². The van der Waals surface area contributed by atoms with Crippen molar-refractivity contribution in [2.75, 3.05) is 37.7 Å². The first kappa shape index (κ1) is 22.3. The Morgan fingerprint density at radius 3 is 2.62 bits per heavy atom. The van der Waals surface area contributed by atoms with Gasteiger partial charge in [0.05, 0.1) is 23.8 Å². The number of nitrogens with zero attached hydrogens (tertiary/aromatic N) is 3. The molecule has 0 bridgehead atoms. The quantitative estimate of drug-likeness (QED) is 0.494. The number of hydrogen-bond acceptors (Lipinski definition) is 6. The van der Waals surface area contributed by atoms with Crippen molar-refractivity contribution in [1.82, 2.24) is 9.29 Å². The fourth-order valence-corrected chi connectivity index (χ4v) is 5.68. The summed E-state index contributed by atoms with van der Waals surface area (Å²) in [5.74, 6) is -0.335. The maximum atomic E-state index is 13.4. The summed E-state index contributed by atoms with van der Waals surface area (Å²) in [4.78, 5) is 19.6. The molecule has 0 aliphatic carbocycles. The molecular weight excluding hydrogens is 446 g/mol. The first-order valence-electron chi connectivity index (χ1n) is 10.1. The molecule has 7 nitrogen and oxygen atoms in total. The van der Waals surface area contributed by atoms with Gasteiger partial charge in [0.25, 0.3) is 5.91 Å². The van der Waals surface area contributed by atoms with Crippen molar-refractivity contribution in [3.63, 3.8) is 0 Å². The molecule has 0 spiro atoms. The number of rotatable bonds is 7. The summed E-state index contributed by atoms with van der Waals surface area (Å²) in [7, 11) is -3.70. The normalized spacial score (nSPS) is 14.8. The number of morpholine rings is 1. The zero-order chi connectivity index (χ0) is 22.6. The second-order valence-electron chi connectivity index (χ2n) is 7.13. The van der Waals surface area contributed by atoms with E-state index in [1.165, 1.54) is 32.7 Å². The van der Waals surface area contributed by atoms with Crippen LogP contribution in [0, 0.1) is 0 Å². The number of anilines is 1. The fourth-order valence-electron chi connectivity index (χ4n) is 3.39. The molecule has 9 heteroatoms. The van der Waals surface area contributed by atoms with Gasteiger partial charge in [-0.3, -0.25) is 9.69 Å². The third kappa shape index (κ3) is 4.66. The van der Waals surface area contributed by atoms with Crippen LogP contribution in [0.15, 0.2) is 77.5 Å². The topological polar surface area (TPSA) is 79.8 Å². The number of thiazole rings is 1. The molecule has 0 radical (unpaired) electrons. The lowest BCUT2D eigenvalue weighted by Gasteiger charge is -2.26. The zero-order valence-corrected chi connectivity index (χ0v) is 19.0. The van der Waals surface area contributed by atoms with E-state index >= 15 is 0 Å². The van der Waals surface area contributed by atoms with Crippen molar-refractivity contribution in [2.45, 2.75) is 4.90 Å². The van der Waals surface area contributed by atoms with Crippen LogP contribution in [0.3, 0.4) is 0 Å². The number of benzene rings is 2. The fraction of sp³-hybridized carbons (Fsp3) is 0.217. The molecule has 0 unspecified atom stereocenters. The lowest BCUT2D eigenvalue weighted by Crippen LogP contribution is -2.40. The Hall–Kier alpha value is -2.85. The molecule has 1 saturated heterocycles. The van der Waals surface area contributed by atoms with Gasteiger partial charge in [0.15, 0.2) is 5.13 Å². The summed E-state index contributed by atoms with van der Waals surface area (Å²) in [5, 5.41) is 2.42. The van der Waals surface area contributed by atoms with E-state index in [-0.39, 0.29) is 22.9 Å². The molecule has 0 saturated carbocycles. The molecule has 0 atom stereocenters. The van der Waals surface area contributed by atoms with Gasteiger partial charge in [-0.15, -0.1) is 17.9 Å². The van der Waals surface area contributed by atoms with Gasteiger partial charge in [-0.1, -0.05) is 42.5 Å². The molecule has 1 amide bonds. The number of aromatic nitrogens is 1. The predicted octanol–water partition coefficient (Wildman–Crippen LogP) is 3.66. The van der Waals surface area contributed by atoms with Crippen LogP contribution < -0.4 is 4.90 Å². The number of carbonyl (C=O) groups excluding carboxylic acids is 1. The Kier molecular flexibility index (Phi) is 6.80. The monoisotopic (exact) mass is 469 g/mol. The summed E-state index contributed by atoms with van der Waals surface area (Å²) in [6.07, 6.45) is 1.62. The first-order chi connectivity index (χ1) is 15.5. The van der Waals surface area contributed by atoms with Crippen LogP contribution in [0.5, 0.6) is 0 Å². The molecule has 1 aliphatic rings. The Balaban J connectivity index is 1.62. The number of hydrogen-bond donors (Lipinski definition) is 0. The van der Waals surface area contributed by atoms with Crippen LogP contribution in [0.4, 0.5) is 5.13 Å². The lowest BCUT2D eigenvalue weighted by molar-refractivity contribution is 0.0730. The highest BCUT2D eigenvalue weighted by atomic mass is 32.2. The van der Waals surface area contributed by atoms with E-state index in [4.69, 9.17) is 4.74 Å². The maximum absolute atomic E-state index is 13.4. The van der Waals surface area contributed by atoms with Crippen molar-refractivity contribution in [1.29, 1.82) is 0 Å². The Morgan fingerprint density at radius 1 is 1.16 bits per heavy atom. The van der Waals surface area contributed by atoms with Gasteiger partial charge in [-0.2, -0.15) is 4.31 Å². The Labute approximate surface area is 191 Å². The van der Waals surface area contributed by atoms with Crippen LogP contribution in [-0.2, 0) is 14.8 Å². The summed E-state index contributed by atoms with van der Waals surface area (Å²) in [6.45, 7) is 5.32. The molecule has 4 rings (SSSR count). The number of carbonyl (C=O) groups is 1. The van der Waals surface area contributed by atoms with Gasteiger partial charge >= 0.3 is 0 Å². The standard InChI is InChI=1S/C23H23N3O4S2/c1-2-11-26(23-24-21(17-31-23)18-7-4-3-5-8-18)22(27)19-9-6-10-20(16-19)32(28,29)25-12-14-30-15-13-25/h2-10,16-17H,1,11-15H2. The average molecular weight is 470 g/mol. The highest BCUT2D eigenvalue weighted by Gasteiger charge is 2.28. The zero-order valence-electron chi connectivity index (χ0n) is 17.4. The molecule has 1 aliphatic heterocycles. The van der Waals surface area contributed by atoms with Crippen molar-refractivity contribution in [3.05, 3.63) is 78.2 Å². The molecule has 1 aromatic heterocycles. The van der Waals surface area contributed by atoms with Crippen LogP contribution in [-0.4, -0.2) is 56.5 Å². The van der Waals surface area contributed by atoms with Gasteiger partial charge in [0, 0.05) is 36.1 Å². The molecule has 2 heterocycles. The number of amides is 1. The van der Waals surface area contributed by atoms with Crippen molar-refractivity contribution < 1.29 is 17.9 Å². The van der Waals surface area contributed by atoms with E-state index in [0.717, 1.165) is 11.3 Å². The van der Waals surface area contributed by atoms with Crippen LogP contribution in [0.25, 0.3) is 11.3 Å². The summed E-state index contributed by atoms with van der Waals surface area (Å²) < 4.78 is 32.6. The van der Waals surface area contributed by atoms with Crippen molar-refractivity contribution >= 4 is 32.4 Å². The summed E-state index contributed by atoms with van der Waals surface area (Å²) in [6, 6.07) is 15.8. The Morgan fingerprint density at radius 2 is 1.91 bits per heavy atom. The average Bonchev–Trinajstić information content (AvgIpc) is 3.33. The van der Waals surface area contributed by atoms with E-state index in [2.05, 4.69) is 11.6 Å². The van der Waals surface area contributed by atoms with Gasteiger partial charge in [-0.05, 0) is 18.2 Å². The minimum atomic E-state index is -3.70. The van der Waals surface area contributed by atoms with Crippen molar-refractivity contribution in [3.8, 4) is 11.3 Å².